The molecular formula is C15H20N2O3S. The predicted octanol–water partition coefficient (Wildman–Crippen LogP) is 1.62. The summed E-state index contributed by atoms with van der Waals surface area (Å²) in [5, 5.41) is 14.8. The summed E-state index contributed by atoms with van der Waals surface area (Å²) in [5.74, 6) is -0.980. The van der Waals surface area contributed by atoms with E-state index in [0.29, 0.717) is 24.6 Å². The van der Waals surface area contributed by atoms with Gasteiger partial charge in [-0.15, -0.1) is 11.8 Å². The maximum Gasteiger partial charge on any atom is 0.313 e. The third kappa shape index (κ3) is 5.06. The number of carbonyl (C=O) groups is 2. The Kier molecular flexibility index (Phi) is 5.64. The van der Waals surface area contributed by atoms with Crippen molar-refractivity contribution in [3.63, 3.8) is 0 Å². The Bertz CT molecular complexity index is 517. The molecule has 1 aromatic carbocycles. The van der Waals surface area contributed by atoms with Crippen LogP contribution in [0, 0.1) is 5.92 Å². The fraction of sp³-hybridized carbons (Fsp3) is 0.467. The summed E-state index contributed by atoms with van der Waals surface area (Å²) < 4.78 is 0. The van der Waals surface area contributed by atoms with Gasteiger partial charge in [-0.1, -0.05) is 6.07 Å². The number of rotatable bonds is 6. The van der Waals surface area contributed by atoms with Crippen molar-refractivity contribution in [3.05, 3.63) is 24.3 Å². The highest BCUT2D eigenvalue weighted by molar-refractivity contribution is 7.98. The van der Waals surface area contributed by atoms with E-state index in [-0.39, 0.29) is 6.10 Å². The normalized spacial score (nSPS) is 15.3. The van der Waals surface area contributed by atoms with Crippen molar-refractivity contribution in [2.45, 2.75) is 30.3 Å². The predicted molar refractivity (Wildman–Crippen MR) is 83.2 cm³/mol. The summed E-state index contributed by atoms with van der Waals surface area (Å²) in [6, 6.07) is 7.31. The molecule has 1 aliphatic carbocycles. The summed E-state index contributed by atoms with van der Waals surface area (Å²) >= 11 is 1.56. The number of carbonyl (C=O) groups excluding carboxylic acids is 2. The molecule has 1 atom stereocenters. The van der Waals surface area contributed by atoms with Crippen molar-refractivity contribution in [1.29, 1.82) is 0 Å². The fourth-order valence-corrected chi connectivity index (χ4v) is 2.48. The van der Waals surface area contributed by atoms with Crippen LogP contribution in [0.4, 0.5) is 5.69 Å². The van der Waals surface area contributed by atoms with Gasteiger partial charge in [0.1, 0.15) is 0 Å². The first-order valence-corrected chi connectivity index (χ1v) is 8.24. The third-order valence-corrected chi connectivity index (χ3v) is 4.15. The molecule has 21 heavy (non-hydrogen) atoms. The Labute approximate surface area is 128 Å². The lowest BCUT2D eigenvalue weighted by Gasteiger charge is -2.10. The van der Waals surface area contributed by atoms with E-state index in [0.717, 1.165) is 17.7 Å². The zero-order valence-corrected chi connectivity index (χ0v) is 12.8. The molecule has 114 valence electrons. The molecule has 3 N–H and O–H groups in total. The molecule has 0 radical (unpaired) electrons. The zero-order valence-electron chi connectivity index (χ0n) is 12.0. The monoisotopic (exact) mass is 308 g/mol. The summed E-state index contributed by atoms with van der Waals surface area (Å²) in [6.45, 7) is 0.314. The van der Waals surface area contributed by atoms with Crippen LogP contribution in [-0.2, 0) is 9.59 Å². The van der Waals surface area contributed by atoms with Crippen LogP contribution in [-0.4, -0.2) is 35.8 Å². The molecule has 1 aromatic rings. The SMILES string of the molecule is CSc1cccc(NC(=O)C(=O)NCC[C@@H](O)C2CC2)c1. The second-order valence-electron chi connectivity index (χ2n) is 5.14. The average Bonchev–Trinajstić information content (AvgIpc) is 3.31. The van der Waals surface area contributed by atoms with Crippen molar-refractivity contribution in [2.24, 2.45) is 5.92 Å². The summed E-state index contributed by atoms with van der Waals surface area (Å²) in [7, 11) is 0. The number of thioether (sulfide) groups is 1. The highest BCUT2D eigenvalue weighted by Crippen LogP contribution is 2.33. The average molecular weight is 308 g/mol. The molecule has 1 fully saturated rings. The van der Waals surface area contributed by atoms with E-state index in [1.807, 2.05) is 24.5 Å². The summed E-state index contributed by atoms with van der Waals surface area (Å²) in [5.41, 5.74) is 0.597. The molecular weight excluding hydrogens is 288 g/mol. The number of hydrogen-bond donors (Lipinski definition) is 3. The maximum absolute atomic E-state index is 11.7. The maximum atomic E-state index is 11.7. The molecule has 0 heterocycles. The van der Waals surface area contributed by atoms with Crippen LogP contribution >= 0.6 is 11.8 Å². The molecule has 0 saturated heterocycles. The number of benzene rings is 1. The van der Waals surface area contributed by atoms with Gasteiger partial charge in [-0.25, -0.2) is 0 Å². The van der Waals surface area contributed by atoms with Gasteiger partial charge in [0.25, 0.3) is 0 Å². The van der Waals surface area contributed by atoms with Crippen LogP contribution in [0.2, 0.25) is 0 Å². The van der Waals surface area contributed by atoms with Gasteiger partial charge in [-0.2, -0.15) is 0 Å². The molecule has 0 unspecified atom stereocenters. The molecule has 0 aliphatic heterocycles. The topological polar surface area (TPSA) is 78.4 Å². The quantitative estimate of drug-likeness (QED) is 0.551. The molecule has 1 aliphatic rings. The molecule has 5 nitrogen and oxygen atoms in total. The van der Waals surface area contributed by atoms with Gasteiger partial charge in [-0.05, 0) is 49.6 Å². The first kappa shape index (κ1) is 15.9. The van der Waals surface area contributed by atoms with Crippen molar-refractivity contribution in [1.82, 2.24) is 5.32 Å². The minimum atomic E-state index is -0.686. The Morgan fingerprint density at radius 1 is 1.38 bits per heavy atom. The molecule has 0 spiro atoms. The molecule has 0 bridgehead atoms. The third-order valence-electron chi connectivity index (χ3n) is 3.43. The van der Waals surface area contributed by atoms with Gasteiger partial charge in [0.15, 0.2) is 0 Å². The number of aliphatic hydroxyl groups is 1. The van der Waals surface area contributed by atoms with Crippen LogP contribution in [0.5, 0.6) is 0 Å². The van der Waals surface area contributed by atoms with Gasteiger partial charge >= 0.3 is 11.8 Å². The van der Waals surface area contributed by atoms with E-state index in [1.54, 1.807) is 17.8 Å². The zero-order chi connectivity index (χ0) is 15.2. The van der Waals surface area contributed by atoms with Crippen molar-refractivity contribution < 1.29 is 14.7 Å². The first-order valence-electron chi connectivity index (χ1n) is 7.01. The van der Waals surface area contributed by atoms with E-state index in [4.69, 9.17) is 0 Å². The van der Waals surface area contributed by atoms with Gasteiger partial charge in [-0.3, -0.25) is 9.59 Å². The van der Waals surface area contributed by atoms with Crippen molar-refractivity contribution in [3.8, 4) is 0 Å². The Morgan fingerprint density at radius 3 is 2.81 bits per heavy atom. The molecule has 2 rings (SSSR count). The second-order valence-corrected chi connectivity index (χ2v) is 6.02. The number of anilines is 1. The molecule has 6 heteroatoms. The van der Waals surface area contributed by atoms with E-state index in [1.165, 1.54) is 0 Å². The van der Waals surface area contributed by atoms with E-state index < -0.39 is 11.8 Å². The largest absolute Gasteiger partial charge is 0.393 e. The van der Waals surface area contributed by atoms with Crippen molar-refractivity contribution in [2.75, 3.05) is 18.1 Å². The standard InChI is InChI=1S/C15H20N2O3S/c1-21-12-4-2-3-11(9-12)17-15(20)14(19)16-8-7-13(18)10-5-6-10/h2-4,9-10,13,18H,5-8H2,1H3,(H,16,19)(H,17,20)/t13-/m1/s1. The first-order chi connectivity index (χ1) is 10.1. The number of nitrogens with one attached hydrogen (secondary N) is 2. The Morgan fingerprint density at radius 2 is 2.14 bits per heavy atom. The van der Waals surface area contributed by atoms with Gasteiger partial charge < -0.3 is 15.7 Å². The number of hydrogen-bond acceptors (Lipinski definition) is 4. The Balaban J connectivity index is 1.74. The minimum absolute atomic E-state index is 0.314. The fourth-order valence-electron chi connectivity index (χ4n) is 2.02. The van der Waals surface area contributed by atoms with E-state index >= 15 is 0 Å². The smallest absolute Gasteiger partial charge is 0.313 e. The van der Waals surface area contributed by atoms with Crippen LogP contribution in [0.15, 0.2) is 29.2 Å². The summed E-state index contributed by atoms with van der Waals surface area (Å²) in [6.07, 6.45) is 4.18. The van der Waals surface area contributed by atoms with Crippen LogP contribution in [0.25, 0.3) is 0 Å². The molecule has 2 amide bonds. The van der Waals surface area contributed by atoms with Crippen LogP contribution in [0.3, 0.4) is 0 Å². The lowest BCUT2D eigenvalue weighted by Crippen LogP contribution is -2.37. The summed E-state index contributed by atoms with van der Waals surface area (Å²) in [4.78, 5) is 24.4. The van der Waals surface area contributed by atoms with Gasteiger partial charge in [0.2, 0.25) is 0 Å². The van der Waals surface area contributed by atoms with Crippen LogP contribution in [0.1, 0.15) is 19.3 Å². The highest BCUT2D eigenvalue weighted by atomic mass is 32.2. The van der Waals surface area contributed by atoms with E-state index in [2.05, 4.69) is 10.6 Å². The second kappa shape index (κ2) is 7.47. The number of amides is 2. The van der Waals surface area contributed by atoms with Gasteiger partial charge in [0.05, 0.1) is 6.10 Å². The Hall–Kier alpha value is -1.53. The lowest BCUT2D eigenvalue weighted by atomic mass is 10.2. The minimum Gasteiger partial charge on any atom is -0.393 e. The van der Waals surface area contributed by atoms with Crippen LogP contribution < -0.4 is 10.6 Å². The number of aliphatic hydroxyl groups excluding tert-OH is 1. The van der Waals surface area contributed by atoms with E-state index in [9.17, 15) is 14.7 Å². The van der Waals surface area contributed by atoms with Crippen molar-refractivity contribution >= 4 is 29.3 Å². The lowest BCUT2D eigenvalue weighted by molar-refractivity contribution is -0.136. The highest BCUT2D eigenvalue weighted by Gasteiger charge is 2.29. The molecule has 0 aromatic heterocycles. The van der Waals surface area contributed by atoms with Gasteiger partial charge in [0, 0.05) is 17.1 Å². The molecule has 1 saturated carbocycles.